The molecule has 1 aromatic rings. The molecule has 1 aromatic heterocycles. The van der Waals surface area contributed by atoms with Crippen molar-refractivity contribution in [1.82, 2.24) is 14.9 Å². The van der Waals surface area contributed by atoms with Gasteiger partial charge in [-0.05, 0) is 42.8 Å². The molecule has 18 heavy (non-hydrogen) atoms. The summed E-state index contributed by atoms with van der Waals surface area (Å²) in [5.41, 5.74) is 1.17. The van der Waals surface area contributed by atoms with Crippen LogP contribution >= 0.6 is 11.5 Å². The minimum atomic E-state index is 0.425. The van der Waals surface area contributed by atoms with Crippen molar-refractivity contribution in [3.05, 3.63) is 11.1 Å². The van der Waals surface area contributed by atoms with Crippen LogP contribution in [0.1, 0.15) is 64.1 Å². The number of rotatable bonds is 6. The van der Waals surface area contributed by atoms with Crippen LogP contribution in [-0.2, 0) is 0 Å². The smallest absolute Gasteiger partial charge is 0.0927 e. The fourth-order valence-electron chi connectivity index (χ4n) is 3.26. The lowest BCUT2D eigenvalue weighted by molar-refractivity contribution is 0.173. The van der Waals surface area contributed by atoms with Crippen LogP contribution in [0.4, 0.5) is 0 Å². The highest BCUT2D eigenvalue weighted by molar-refractivity contribution is 7.03. The Morgan fingerprint density at radius 2 is 2.22 bits per heavy atom. The Kier molecular flexibility index (Phi) is 5.57. The summed E-state index contributed by atoms with van der Waals surface area (Å²) in [7, 11) is 0. The average Bonchev–Trinajstić information content (AvgIpc) is 2.94. The first-order chi connectivity index (χ1) is 8.86. The third kappa shape index (κ3) is 3.29. The maximum absolute atomic E-state index is 4.32. The van der Waals surface area contributed by atoms with Gasteiger partial charge in [-0.1, -0.05) is 44.0 Å². The van der Waals surface area contributed by atoms with Gasteiger partial charge in [0.15, 0.2) is 0 Å². The molecule has 102 valence electrons. The van der Waals surface area contributed by atoms with Crippen molar-refractivity contribution < 1.29 is 0 Å². The van der Waals surface area contributed by atoms with E-state index in [2.05, 4.69) is 34.1 Å². The lowest BCUT2D eigenvalue weighted by atomic mass is 9.73. The molecule has 1 aliphatic rings. The standard InChI is InChI=1S/C14H25N3S/c1-3-9-15-14(13-10-18-17-16-13)12-8-6-5-7-11(12)4-2/h10-12,14-15H,3-9H2,1-2H3. The molecule has 1 saturated carbocycles. The van der Waals surface area contributed by atoms with E-state index >= 15 is 0 Å². The van der Waals surface area contributed by atoms with E-state index in [0.717, 1.165) is 18.4 Å². The van der Waals surface area contributed by atoms with Gasteiger partial charge in [0.2, 0.25) is 0 Å². The largest absolute Gasteiger partial charge is 0.308 e. The quantitative estimate of drug-likeness (QED) is 0.852. The van der Waals surface area contributed by atoms with Crippen molar-refractivity contribution in [1.29, 1.82) is 0 Å². The van der Waals surface area contributed by atoms with Crippen LogP contribution in [-0.4, -0.2) is 16.1 Å². The highest BCUT2D eigenvalue weighted by Gasteiger charge is 2.32. The molecule has 0 aliphatic heterocycles. The molecule has 0 amide bonds. The van der Waals surface area contributed by atoms with Gasteiger partial charge in [-0.15, -0.1) is 5.10 Å². The number of nitrogens with zero attached hydrogens (tertiary/aromatic N) is 2. The Balaban J connectivity index is 2.11. The van der Waals surface area contributed by atoms with Gasteiger partial charge in [0, 0.05) is 5.38 Å². The summed E-state index contributed by atoms with van der Waals surface area (Å²) in [6.07, 6.45) is 8.00. The molecular weight excluding hydrogens is 242 g/mol. The van der Waals surface area contributed by atoms with E-state index in [1.54, 1.807) is 0 Å². The zero-order valence-corrected chi connectivity index (χ0v) is 12.4. The Morgan fingerprint density at radius 1 is 1.39 bits per heavy atom. The van der Waals surface area contributed by atoms with Crippen molar-refractivity contribution >= 4 is 11.5 Å². The summed E-state index contributed by atoms with van der Waals surface area (Å²) < 4.78 is 4.05. The first-order valence-corrected chi connectivity index (χ1v) is 8.20. The van der Waals surface area contributed by atoms with Crippen molar-refractivity contribution in [2.45, 2.75) is 58.4 Å². The molecule has 1 heterocycles. The predicted molar refractivity (Wildman–Crippen MR) is 76.7 cm³/mol. The maximum Gasteiger partial charge on any atom is 0.0927 e. The lowest BCUT2D eigenvalue weighted by Crippen LogP contribution is -2.35. The van der Waals surface area contributed by atoms with Gasteiger partial charge in [-0.3, -0.25) is 0 Å². The normalized spacial score (nSPS) is 26.1. The Hall–Kier alpha value is -0.480. The highest BCUT2D eigenvalue weighted by atomic mass is 32.1. The maximum atomic E-state index is 4.32. The number of aromatic nitrogens is 2. The molecule has 4 heteroatoms. The van der Waals surface area contributed by atoms with Gasteiger partial charge in [-0.25, -0.2) is 0 Å². The summed E-state index contributed by atoms with van der Waals surface area (Å²) in [6, 6.07) is 0.425. The number of hydrogen-bond acceptors (Lipinski definition) is 4. The van der Waals surface area contributed by atoms with Crippen LogP contribution in [0, 0.1) is 11.8 Å². The molecule has 1 aliphatic carbocycles. The van der Waals surface area contributed by atoms with Crippen LogP contribution in [0.5, 0.6) is 0 Å². The van der Waals surface area contributed by atoms with Crippen LogP contribution in [0.2, 0.25) is 0 Å². The van der Waals surface area contributed by atoms with Crippen molar-refractivity contribution in [3.63, 3.8) is 0 Å². The minimum absolute atomic E-state index is 0.425. The first-order valence-electron chi connectivity index (χ1n) is 7.37. The van der Waals surface area contributed by atoms with E-state index in [0.29, 0.717) is 6.04 Å². The van der Waals surface area contributed by atoms with Crippen molar-refractivity contribution in [2.75, 3.05) is 6.54 Å². The molecule has 0 aromatic carbocycles. The van der Waals surface area contributed by atoms with Crippen molar-refractivity contribution in [2.24, 2.45) is 11.8 Å². The van der Waals surface area contributed by atoms with Crippen LogP contribution in [0.25, 0.3) is 0 Å². The first kappa shape index (κ1) is 13.9. The molecule has 0 bridgehead atoms. The summed E-state index contributed by atoms with van der Waals surface area (Å²) in [5.74, 6) is 1.61. The van der Waals surface area contributed by atoms with Crippen molar-refractivity contribution in [3.8, 4) is 0 Å². The van der Waals surface area contributed by atoms with Gasteiger partial charge in [0.1, 0.15) is 0 Å². The molecule has 0 spiro atoms. The topological polar surface area (TPSA) is 37.8 Å². The molecule has 2 rings (SSSR count). The third-order valence-corrected chi connectivity index (χ3v) is 4.75. The molecule has 3 atom stereocenters. The summed E-state index contributed by atoms with van der Waals surface area (Å²) >= 11 is 1.47. The fourth-order valence-corrected chi connectivity index (χ4v) is 3.75. The second kappa shape index (κ2) is 7.19. The Labute approximate surface area is 115 Å². The third-order valence-electron chi connectivity index (χ3n) is 4.23. The predicted octanol–water partition coefficient (Wildman–Crippen LogP) is 3.80. The van der Waals surface area contributed by atoms with Gasteiger partial charge in [0.25, 0.3) is 0 Å². The fraction of sp³-hybridized carbons (Fsp3) is 0.857. The molecule has 3 nitrogen and oxygen atoms in total. The van der Waals surface area contributed by atoms with E-state index in [9.17, 15) is 0 Å². The molecule has 0 radical (unpaired) electrons. The van der Waals surface area contributed by atoms with Gasteiger partial charge >= 0.3 is 0 Å². The summed E-state index contributed by atoms with van der Waals surface area (Å²) in [4.78, 5) is 0. The monoisotopic (exact) mass is 267 g/mol. The molecule has 1 fully saturated rings. The molecular formula is C14H25N3S. The van der Waals surface area contributed by atoms with Gasteiger partial charge in [-0.2, -0.15) is 0 Å². The van der Waals surface area contributed by atoms with E-state index in [-0.39, 0.29) is 0 Å². The number of hydrogen-bond donors (Lipinski definition) is 1. The van der Waals surface area contributed by atoms with Gasteiger partial charge < -0.3 is 5.32 Å². The Morgan fingerprint density at radius 3 is 2.89 bits per heavy atom. The zero-order valence-electron chi connectivity index (χ0n) is 11.6. The lowest BCUT2D eigenvalue weighted by Gasteiger charge is -2.36. The average molecular weight is 267 g/mol. The zero-order chi connectivity index (χ0) is 12.8. The van der Waals surface area contributed by atoms with E-state index in [4.69, 9.17) is 0 Å². The summed E-state index contributed by atoms with van der Waals surface area (Å²) in [5, 5.41) is 10.1. The molecule has 0 saturated heterocycles. The molecule has 3 unspecified atom stereocenters. The minimum Gasteiger partial charge on any atom is -0.308 e. The summed E-state index contributed by atoms with van der Waals surface area (Å²) in [6.45, 7) is 5.63. The van der Waals surface area contributed by atoms with E-state index in [1.807, 2.05) is 0 Å². The van der Waals surface area contributed by atoms with Crippen LogP contribution < -0.4 is 5.32 Å². The van der Waals surface area contributed by atoms with Gasteiger partial charge in [0.05, 0.1) is 11.7 Å². The molecule has 1 N–H and O–H groups in total. The van der Waals surface area contributed by atoms with Crippen LogP contribution in [0.3, 0.4) is 0 Å². The number of nitrogens with one attached hydrogen (secondary N) is 1. The van der Waals surface area contributed by atoms with Crippen LogP contribution in [0.15, 0.2) is 5.38 Å². The second-order valence-corrected chi connectivity index (χ2v) is 5.99. The second-order valence-electron chi connectivity index (χ2n) is 5.38. The Bertz CT molecular complexity index is 326. The van der Waals surface area contributed by atoms with E-state index < -0.39 is 0 Å². The SMILES string of the molecule is CCCNC(c1csnn1)C1CCCCC1CC. The van der Waals surface area contributed by atoms with E-state index in [1.165, 1.54) is 55.8 Å². The highest BCUT2D eigenvalue weighted by Crippen LogP contribution is 2.39.